The van der Waals surface area contributed by atoms with Crippen LogP contribution in [0.1, 0.15) is 31.2 Å². The molecule has 2 aliphatic rings. The Kier molecular flexibility index (Phi) is 6.92. The largest absolute Gasteiger partial charge is 0.484 e. The van der Waals surface area contributed by atoms with Gasteiger partial charge < -0.3 is 19.7 Å². The number of anilines is 1. The van der Waals surface area contributed by atoms with Crippen molar-refractivity contribution in [3.8, 4) is 5.75 Å². The molecule has 4 rings (SSSR count). The molecule has 31 heavy (non-hydrogen) atoms. The Morgan fingerprint density at radius 2 is 1.94 bits per heavy atom. The van der Waals surface area contributed by atoms with Gasteiger partial charge in [-0.2, -0.15) is 0 Å². The number of halogens is 1. The minimum Gasteiger partial charge on any atom is -0.484 e. The molecule has 2 aliphatic heterocycles. The standard InChI is InChI=1S/C24H27BrN2O4/c25-19-4-1-3-18(15-19)24(10-13-30-14-11-24)17-26-22(28)16-31-21-8-6-20(7-9-21)27-12-2-5-23(27)29/h1,3-4,6-9,15H,2,5,10-14,16-17H2,(H,26,28). The molecule has 0 aliphatic carbocycles. The lowest BCUT2D eigenvalue weighted by atomic mass is 9.74. The molecule has 2 amide bonds. The normalized spacial score (nSPS) is 18.1. The van der Waals surface area contributed by atoms with Gasteiger partial charge in [-0.1, -0.05) is 28.1 Å². The SMILES string of the molecule is O=C(COc1ccc(N2CCCC2=O)cc1)NCC1(c2cccc(Br)c2)CCOCC1. The van der Waals surface area contributed by atoms with Crippen LogP contribution in [0.3, 0.4) is 0 Å². The second kappa shape index (κ2) is 9.83. The van der Waals surface area contributed by atoms with Crippen LogP contribution in [0.4, 0.5) is 5.69 Å². The van der Waals surface area contributed by atoms with E-state index in [1.54, 1.807) is 17.0 Å². The first-order chi connectivity index (χ1) is 15.1. The fourth-order valence-corrected chi connectivity index (χ4v) is 4.66. The van der Waals surface area contributed by atoms with Gasteiger partial charge >= 0.3 is 0 Å². The van der Waals surface area contributed by atoms with E-state index in [1.807, 2.05) is 24.3 Å². The summed E-state index contributed by atoms with van der Waals surface area (Å²) in [5.74, 6) is 0.610. The molecule has 0 aromatic heterocycles. The fourth-order valence-electron chi connectivity index (χ4n) is 4.26. The van der Waals surface area contributed by atoms with Crippen molar-refractivity contribution in [2.24, 2.45) is 0 Å². The second-order valence-electron chi connectivity index (χ2n) is 8.11. The van der Waals surface area contributed by atoms with Crippen molar-refractivity contribution in [3.05, 3.63) is 58.6 Å². The van der Waals surface area contributed by atoms with E-state index in [4.69, 9.17) is 9.47 Å². The van der Waals surface area contributed by atoms with Crippen LogP contribution in [0.15, 0.2) is 53.0 Å². The summed E-state index contributed by atoms with van der Waals surface area (Å²) >= 11 is 3.55. The predicted octanol–water partition coefficient (Wildman–Crippen LogP) is 3.82. The third kappa shape index (κ3) is 5.28. The maximum atomic E-state index is 12.5. The number of hydrogen-bond acceptors (Lipinski definition) is 4. The summed E-state index contributed by atoms with van der Waals surface area (Å²) in [4.78, 5) is 26.1. The van der Waals surface area contributed by atoms with Crippen molar-refractivity contribution < 1.29 is 19.1 Å². The fraction of sp³-hybridized carbons (Fsp3) is 0.417. The average Bonchev–Trinajstić information content (AvgIpc) is 3.23. The topological polar surface area (TPSA) is 67.9 Å². The predicted molar refractivity (Wildman–Crippen MR) is 122 cm³/mol. The summed E-state index contributed by atoms with van der Waals surface area (Å²) in [5.41, 5.74) is 1.94. The summed E-state index contributed by atoms with van der Waals surface area (Å²) in [6, 6.07) is 15.6. The van der Waals surface area contributed by atoms with Crippen molar-refractivity contribution in [3.63, 3.8) is 0 Å². The number of hydrogen-bond donors (Lipinski definition) is 1. The van der Waals surface area contributed by atoms with Crippen molar-refractivity contribution in [2.75, 3.05) is 37.8 Å². The molecule has 2 aromatic rings. The van der Waals surface area contributed by atoms with E-state index in [9.17, 15) is 9.59 Å². The maximum Gasteiger partial charge on any atom is 0.257 e. The number of carbonyl (C=O) groups is 2. The highest BCUT2D eigenvalue weighted by molar-refractivity contribution is 9.10. The molecular weight excluding hydrogens is 460 g/mol. The molecule has 7 heteroatoms. The average molecular weight is 487 g/mol. The van der Waals surface area contributed by atoms with E-state index < -0.39 is 0 Å². The van der Waals surface area contributed by atoms with Crippen LogP contribution in [0.5, 0.6) is 5.75 Å². The second-order valence-corrected chi connectivity index (χ2v) is 9.03. The number of nitrogens with zero attached hydrogens (tertiary/aromatic N) is 1. The Morgan fingerprint density at radius 1 is 1.16 bits per heavy atom. The van der Waals surface area contributed by atoms with Gasteiger partial charge in [0, 0.05) is 48.3 Å². The molecule has 6 nitrogen and oxygen atoms in total. The molecule has 1 N–H and O–H groups in total. The van der Waals surface area contributed by atoms with Gasteiger partial charge in [0.05, 0.1) is 0 Å². The molecule has 0 atom stereocenters. The van der Waals surface area contributed by atoms with Gasteiger partial charge in [0.15, 0.2) is 6.61 Å². The Labute approximate surface area is 191 Å². The van der Waals surface area contributed by atoms with Crippen LogP contribution < -0.4 is 15.0 Å². The third-order valence-corrected chi connectivity index (χ3v) is 6.60. The smallest absolute Gasteiger partial charge is 0.257 e. The van der Waals surface area contributed by atoms with Crippen LogP contribution in [0.2, 0.25) is 0 Å². The molecule has 2 heterocycles. The summed E-state index contributed by atoms with van der Waals surface area (Å²) in [5, 5.41) is 3.06. The lowest BCUT2D eigenvalue weighted by molar-refractivity contribution is -0.123. The van der Waals surface area contributed by atoms with E-state index in [0.717, 1.165) is 36.0 Å². The molecule has 2 saturated heterocycles. The monoisotopic (exact) mass is 486 g/mol. The summed E-state index contributed by atoms with van der Waals surface area (Å²) in [6.07, 6.45) is 3.22. The summed E-state index contributed by atoms with van der Waals surface area (Å²) < 4.78 is 12.3. The van der Waals surface area contributed by atoms with E-state index in [1.165, 1.54) is 5.56 Å². The van der Waals surface area contributed by atoms with Gasteiger partial charge in [-0.3, -0.25) is 9.59 Å². The van der Waals surface area contributed by atoms with Gasteiger partial charge in [-0.05, 0) is 61.2 Å². The summed E-state index contributed by atoms with van der Waals surface area (Å²) in [7, 11) is 0. The summed E-state index contributed by atoms with van der Waals surface area (Å²) in [6.45, 7) is 2.62. The number of rotatable bonds is 7. The van der Waals surface area contributed by atoms with E-state index in [-0.39, 0.29) is 23.8 Å². The number of amides is 2. The van der Waals surface area contributed by atoms with E-state index in [0.29, 0.717) is 31.9 Å². The van der Waals surface area contributed by atoms with E-state index >= 15 is 0 Å². The quantitative estimate of drug-likeness (QED) is 0.645. The Morgan fingerprint density at radius 3 is 2.61 bits per heavy atom. The first-order valence-electron chi connectivity index (χ1n) is 10.7. The first kappa shape index (κ1) is 21.8. The molecule has 0 radical (unpaired) electrons. The number of carbonyl (C=O) groups excluding carboxylic acids is 2. The van der Waals surface area contributed by atoms with Gasteiger partial charge in [-0.25, -0.2) is 0 Å². The van der Waals surface area contributed by atoms with Crippen LogP contribution in [0.25, 0.3) is 0 Å². The van der Waals surface area contributed by atoms with Crippen molar-refractivity contribution in [1.29, 1.82) is 0 Å². The highest BCUT2D eigenvalue weighted by Gasteiger charge is 2.35. The van der Waals surface area contributed by atoms with Gasteiger partial charge in [0.2, 0.25) is 5.91 Å². The number of benzene rings is 2. The molecule has 0 unspecified atom stereocenters. The maximum absolute atomic E-state index is 12.5. The van der Waals surface area contributed by atoms with Crippen LogP contribution in [-0.4, -0.2) is 44.7 Å². The zero-order chi connectivity index (χ0) is 21.7. The molecule has 0 bridgehead atoms. The van der Waals surface area contributed by atoms with Gasteiger partial charge in [0.25, 0.3) is 5.91 Å². The number of ether oxygens (including phenoxy) is 2. The van der Waals surface area contributed by atoms with Gasteiger partial charge in [0.1, 0.15) is 5.75 Å². The van der Waals surface area contributed by atoms with E-state index in [2.05, 4.69) is 33.4 Å². The molecule has 0 spiro atoms. The molecule has 2 aromatic carbocycles. The minimum absolute atomic E-state index is 0.0486. The molecular formula is C24H27BrN2O4. The highest BCUT2D eigenvalue weighted by Crippen LogP contribution is 2.35. The van der Waals surface area contributed by atoms with Crippen LogP contribution >= 0.6 is 15.9 Å². The van der Waals surface area contributed by atoms with Crippen LogP contribution in [-0.2, 0) is 19.7 Å². The highest BCUT2D eigenvalue weighted by atomic mass is 79.9. The van der Waals surface area contributed by atoms with Gasteiger partial charge in [-0.15, -0.1) is 0 Å². The minimum atomic E-state index is -0.153. The molecule has 2 fully saturated rings. The van der Waals surface area contributed by atoms with Crippen molar-refractivity contribution in [2.45, 2.75) is 31.1 Å². The molecule has 164 valence electrons. The lowest BCUT2D eigenvalue weighted by Crippen LogP contribution is -2.45. The third-order valence-electron chi connectivity index (χ3n) is 6.10. The number of nitrogens with one attached hydrogen (secondary N) is 1. The zero-order valence-corrected chi connectivity index (χ0v) is 19.0. The van der Waals surface area contributed by atoms with Crippen molar-refractivity contribution in [1.82, 2.24) is 5.32 Å². The Hall–Kier alpha value is -2.38. The Balaban J connectivity index is 1.32. The Bertz CT molecular complexity index is 925. The van der Waals surface area contributed by atoms with Crippen molar-refractivity contribution >= 4 is 33.4 Å². The van der Waals surface area contributed by atoms with Crippen LogP contribution in [0, 0.1) is 0 Å². The molecule has 0 saturated carbocycles. The first-order valence-corrected chi connectivity index (χ1v) is 11.5. The zero-order valence-electron chi connectivity index (χ0n) is 17.4. The lowest BCUT2D eigenvalue weighted by Gasteiger charge is -2.38.